The van der Waals surface area contributed by atoms with Crippen LogP contribution in [0.4, 0.5) is 10.8 Å². The summed E-state index contributed by atoms with van der Waals surface area (Å²) >= 11 is 1.52. The van der Waals surface area contributed by atoms with Gasteiger partial charge >= 0.3 is 6.01 Å². The van der Waals surface area contributed by atoms with Crippen molar-refractivity contribution in [2.45, 2.75) is 20.8 Å². The summed E-state index contributed by atoms with van der Waals surface area (Å²) in [6, 6.07) is 16.1. The van der Waals surface area contributed by atoms with Crippen LogP contribution in [0.15, 0.2) is 54.9 Å². The molecular weight excluding hydrogens is 394 g/mol. The van der Waals surface area contributed by atoms with Gasteiger partial charge in [0.1, 0.15) is 0 Å². The number of nitrogens with one attached hydrogen (secondary N) is 1. The molecule has 0 saturated heterocycles. The molecule has 0 fully saturated rings. The first-order chi connectivity index (χ1) is 14.4. The van der Waals surface area contributed by atoms with E-state index in [1.807, 2.05) is 36.4 Å². The Labute approximate surface area is 179 Å². The molecule has 0 aliphatic carbocycles. The second-order valence-electron chi connectivity index (χ2n) is 8.12. The molecule has 7 heteroatoms. The summed E-state index contributed by atoms with van der Waals surface area (Å²) in [5.74, 6) is 0. The zero-order chi connectivity index (χ0) is 21.1. The highest BCUT2D eigenvalue weighted by Gasteiger charge is 2.12. The van der Waals surface area contributed by atoms with Crippen LogP contribution in [0.3, 0.4) is 0 Å². The van der Waals surface area contributed by atoms with Crippen molar-refractivity contribution in [3.05, 3.63) is 60.4 Å². The van der Waals surface area contributed by atoms with Gasteiger partial charge in [0.25, 0.3) is 0 Å². The lowest BCUT2D eigenvalue weighted by atomic mass is 9.99. The molecule has 0 bridgehead atoms. The first-order valence-corrected chi connectivity index (χ1v) is 10.3. The lowest BCUT2D eigenvalue weighted by molar-refractivity contribution is 0.184. The Balaban J connectivity index is 1.44. The maximum absolute atomic E-state index is 9.04. The number of nitrogens with zero attached hydrogens (tertiary/aromatic N) is 4. The van der Waals surface area contributed by atoms with E-state index in [9.17, 15) is 0 Å². The standard InChI is InChI=1S/C23H21N5OS/c1-23(2,3)14-29-21-25-12-17(13-26-21)16-5-7-18(8-6-16)27-22-28-19-9-4-15(11-24)10-20(19)30-22/h4-10,12-13H,14H2,1-3H3,(H,27,28). The Morgan fingerprint density at radius 1 is 1.03 bits per heavy atom. The smallest absolute Gasteiger partial charge is 0.316 e. The van der Waals surface area contributed by atoms with Gasteiger partial charge in [-0.1, -0.05) is 44.2 Å². The van der Waals surface area contributed by atoms with Gasteiger partial charge in [-0.15, -0.1) is 0 Å². The number of thiazole rings is 1. The molecule has 0 radical (unpaired) electrons. The van der Waals surface area contributed by atoms with Crippen LogP contribution in [-0.2, 0) is 0 Å². The topological polar surface area (TPSA) is 83.7 Å². The Hall–Kier alpha value is -3.50. The van der Waals surface area contributed by atoms with Crippen LogP contribution in [0, 0.1) is 16.7 Å². The average Bonchev–Trinajstić information content (AvgIpc) is 3.14. The second kappa shape index (κ2) is 8.09. The highest BCUT2D eigenvalue weighted by Crippen LogP contribution is 2.30. The number of hydrogen-bond acceptors (Lipinski definition) is 7. The molecular formula is C23H21N5OS. The quantitative estimate of drug-likeness (QED) is 0.444. The predicted octanol–water partition coefficient (Wildman–Crippen LogP) is 5.79. The molecule has 0 aliphatic rings. The first kappa shape index (κ1) is 19.8. The van der Waals surface area contributed by atoms with Gasteiger partial charge in [0.2, 0.25) is 0 Å². The predicted molar refractivity (Wildman–Crippen MR) is 120 cm³/mol. The van der Waals surface area contributed by atoms with Gasteiger partial charge in [-0.25, -0.2) is 15.0 Å². The zero-order valence-electron chi connectivity index (χ0n) is 17.0. The number of fused-ring (bicyclic) bond motifs is 1. The van der Waals surface area contributed by atoms with E-state index >= 15 is 0 Å². The maximum Gasteiger partial charge on any atom is 0.316 e. The molecule has 2 heterocycles. The van der Waals surface area contributed by atoms with Crippen molar-refractivity contribution in [3.63, 3.8) is 0 Å². The molecule has 0 aliphatic heterocycles. The third kappa shape index (κ3) is 4.73. The number of anilines is 2. The number of benzene rings is 2. The summed E-state index contributed by atoms with van der Waals surface area (Å²) in [5.41, 5.74) is 4.46. The molecule has 4 rings (SSSR count). The first-order valence-electron chi connectivity index (χ1n) is 9.53. The van der Waals surface area contributed by atoms with E-state index in [0.717, 1.165) is 32.2 Å². The molecule has 30 heavy (non-hydrogen) atoms. The molecule has 2 aromatic heterocycles. The molecule has 0 amide bonds. The van der Waals surface area contributed by atoms with Gasteiger partial charge in [0.05, 0.1) is 28.5 Å². The molecule has 6 nitrogen and oxygen atoms in total. The summed E-state index contributed by atoms with van der Waals surface area (Å²) in [5, 5.41) is 13.1. The van der Waals surface area contributed by atoms with E-state index in [1.54, 1.807) is 18.5 Å². The molecule has 1 N–H and O–H groups in total. The largest absolute Gasteiger partial charge is 0.463 e. The third-order valence-electron chi connectivity index (χ3n) is 4.25. The fourth-order valence-electron chi connectivity index (χ4n) is 2.74. The van der Waals surface area contributed by atoms with Crippen molar-refractivity contribution < 1.29 is 4.74 Å². The van der Waals surface area contributed by atoms with E-state index in [4.69, 9.17) is 10.00 Å². The van der Waals surface area contributed by atoms with Crippen molar-refractivity contribution in [2.75, 3.05) is 11.9 Å². The zero-order valence-corrected chi connectivity index (χ0v) is 17.8. The van der Waals surface area contributed by atoms with Crippen LogP contribution in [0.5, 0.6) is 6.01 Å². The second-order valence-corrected chi connectivity index (χ2v) is 9.15. The van der Waals surface area contributed by atoms with Gasteiger partial charge < -0.3 is 10.1 Å². The van der Waals surface area contributed by atoms with E-state index in [1.165, 1.54) is 11.3 Å². The van der Waals surface area contributed by atoms with Crippen molar-refractivity contribution in [1.82, 2.24) is 15.0 Å². The summed E-state index contributed by atoms with van der Waals surface area (Å²) in [6.07, 6.45) is 3.54. The Morgan fingerprint density at radius 2 is 1.77 bits per heavy atom. The molecule has 0 saturated carbocycles. The fraction of sp³-hybridized carbons (Fsp3) is 0.217. The van der Waals surface area contributed by atoms with Crippen LogP contribution in [0.2, 0.25) is 0 Å². The number of ether oxygens (including phenoxy) is 1. The molecule has 150 valence electrons. The van der Waals surface area contributed by atoms with Gasteiger partial charge in [-0.3, -0.25) is 0 Å². The van der Waals surface area contributed by atoms with Gasteiger partial charge in [0.15, 0.2) is 5.13 Å². The van der Waals surface area contributed by atoms with Crippen LogP contribution < -0.4 is 10.1 Å². The lowest BCUT2D eigenvalue weighted by Crippen LogP contribution is -2.17. The fourth-order valence-corrected chi connectivity index (χ4v) is 3.66. The van der Waals surface area contributed by atoms with Gasteiger partial charge in [-0.05, 0) is 41.3 Å². The minimum Gasteiger partial charge on any atom is -0.463 e. The van der Waals surface area contributed by atoms with Crippen molar-refractivity contribution in [2.24, 2.45) is 5.41 Å². The normalized spacial score (nSPS) is 11.3. The van der Waals surface area contributed by atoms with Gasteiger partial charge in [0, 0.05) is 23.6 Å². The third-order valence-corrected chi connectivity index (χ3v) is 5.18. The summed E-state index contributed by atoms with van der Waals surface area (Å²) in [7, 11) is 0. The van der Waals surface area contributed by atoms with Crippen LogP contribution in [0.25, 0.3) is 21.3 Å². The van der Waals surface area contributed by atoms with E-state index < -0.39 is 0 Å². The number of aromatic nitrogens is 3. The van der Waals surface area contributed by atoms with E-state index in [2.05, 4.69) is 47.1 Å². The van der Waals surface area contributed by atoms with Crippen LogP contribution >= 0.6 is 11.3 Å². The summed E-state index contributed by atoms with van der Waals surface area (Å²) < 4.78 is 6.62. The Morgan fingerprint density at radius 3 is 2.43 bits per heavy atom. The average molecular weight is 416 g/mol. The van der Waals surface area contributed by atoms with Crippen molar-refractivity contribution in [1.29, 1.82) is 5.26 Å². The molecule has 4 aromatic rings. The van der Waals surface area contributed by atoms with E-state index in [0.29, 0.717) is 18.2 Å². The highest BCUT2D eigenvalue weighted by molar-refractivity contribution is 7.22. The lowest BCUT2D eigenvalue weighted by Gasteiger charge is -2.17. The number of hydrogen-bond donors (Lipinski definition) is 1. The molecule has 2 aromatic carbocycles. The molecule has 0 spiro atoms. The Kier molecular flexibility index (Phi) is 5.34. The van der Waals surface area contributed by atoms with Crippen LogP contribution in [-0.4, -0.2) is 21.6 Å². The van der Waals surface area contributed by atoms with Gasteiger partial charge in [-0.2, -0.15) is 5.26 Å². The summed E-state index contributed by atoms with van der Waals surface area (Å²) in [4.78, 5) is 13.2. The Bertz CT molecular complexity index is 1200. The van der Waals surface area contributed by atoms with Crippen molar-refractivity contribution >= 4 is 32.4 Å². The van der Waals surface area contributed by atoms with Crippen LogP contribution in [0.1, 0.15) is 26.3 Å². The maximum atomic E-state index is 9.04. The highest BCUT2D eigenvalue weighted by atomic mass is 32.1. The summed E-state index contributed by atoms with van der Waals surface area (Å²) in [6.45, 7) is 6.88. The molecule has 0 atom stereocenters. The SMILES string of the molecule is CC(C)(C)COc1ncc(-c2ccc(Nc3nc4ccc(C#N)cc4s3)cc2)cn1. The van der Waals surface area contributed by atoms with Crippen molar-refractivity contribution in [3.8, 4) is 23.2 Å². The number of nitriles is 1. The minimum absolute atomic E-state index is 0.0616. The molecule has 0 unspecified atom stereocenters. The van der Waals surface area contributed by atoms with E-state index in [-0.39, 0.29) is 5.41 Å². The monoisotopic (exact) mass is 415 g/mol. The number of rotatable bonds is 5. The minimum atomic E-state index is 0.0616.